The minimum absolute atomic E-state index is 0.172. The molecule has 202 valence electrons. The smallest absolute Gasteiger partial charge is 0.265 e. The standard InChI is InChI=1S/C30H29FN2O5S/c1-37-28-18-17-25(19-29(28)38-2)39(35,36)33(27-16-10-9-15-26(27)31)22-30(34)32(20-23-11-5-3-6-12-23)21-24-13-7-4-8-14-24/h3-19H,20-22H2,1-2H3. The van der Waals surface area contributed by atoms with E-state index in [9.17, 15) is 13.2 Å². The second-order valence-corrected chi connectivity index (χ2v) is 10.6. The van der Waals surface area contributed by atoms with Crippen molar-refractivity contribution >= 4 is 21.6 Å². The van der Waals surface area contributed by atoms with E-state index in [-0.39, 0.29) is 29.4 Å². The van der Waals surface area contributed by atoms with E-state index in [0.29, 0.717) is 5.75 Å². The zero-order chi connectivity index (χ0) is 27.8. The molecule has 4 rings (SSSR count). The largest absolute Gasteiger partial charge is 0.493 e. The molecule has 0 saturated carbocycles. The highest BCUT2D eigenvalue weighted by Crippen LogP contribution is 2.33. The fourth-order valence-electron chi connectivity index (χ4n) is 4.12. The molecule has 1 amide bonds. The summed E-state index contributed by atoms with van der Waals surface area (Å²) < 4.78 is 54.2. The lowest BCUT2D eigenvalue weighted by Gasteiger charge is -2.29. The summed E-state index contributed by atoms with van der Waals surface area (Å²) in [5, 5.41) is 0. The average Bonchev–Trinajstić information content (AvgIpc) is 2.96. The maximum atomic E-state index is 15.0. The first-order chi connectivity index (χ1) is 18.8. The monoisotopic (exact) mass is 548 g/mol. The van der Waals surface area contributed by atoms with Gasteiger partial charge >= 0.3 is 0 Å². The summed E-state index contributed by atoms with van der Waals surface area (Å²) in [7, 11) is -1.58. The number of para-hydroxylation sites is 1. The van der Waals surface area contributed by atoms with E-state index >= 15 is 4.39 Å². The Morgan fingerprint density at radius 2 is 1.28 bits per heavy atom. The number of sulfonamides is 1. The maximum Gasteiger partial charge on any atom is 0.265 e. The molecule has 0 aliphatic heterocycles. The molecule has 0 heterocycles. The van der Waals surface area contributed by atoms with Crippen LogP contribution in [0.15, 0.2) is 108 Å². The summed E-state index contributed by atoms with van der Waals surface area (Å²) in [6, 6.07) is 28.3. The van der Waals surface area contributed by atoms with E-state index in [1.54, 1.807) is 4.90 Å². The van der Waals surface area contributed by atoms with Gasteiger partial charge in [-0.15, -0.1) is 0 Å². The van der Waals surface area contributed by atoms with E-state index in [1.165, 1.54) is 50.6 Å². The normalized spacial score (nSPS) is 11.1. The Morgan fingerprint density at radius 1 is 0.744 bits per heavy atom. The second kappa shape index (κ2) is 12.4. The zero-order valence-electron chi connectivity index (χ0n) is 21.7. The number of halogens is 1. The van der Waals surface area contributed by atoms with Gasteiger partial charge in [-0.05, 0) is 35.4 Å². The van der Waals surface area contributed by atoms with E-state index in [1.807, 2.05) is 60.7 Å². The van der Waals surface area contributed by atoms with Gasteiger partial charge in [-0.25, -0.2) is 12.8 Å². The lowest BCUT2D eigenvalue weighted by Crippen LogP contribution is -2.43. The van der Waals surface area contributed by atoms with Crippen molar-refractivity contribution in [3.05, 3.63) is 120 Å². The molecule has 0 spiro atoms. The minimum Gasteiger partial charge on any atom is -0.493 e. The number of nitrogens with zero attached hydrogens (tertiary/aromatic N) is 2. The topological polar surface area (TPSA) is 76.2 Å². The SMILES string of the molecule is COc1ccc(S(=O)(=O)N(CC(=O)N(Cc2ccccc2)Cc2ccccc2)c2ccccc2F)cc1OC. The van der Waals surface area contributed by atoms with Gasteiger partial charge < -0.3 is 14.4 Å². The van der Waals surface area contributed by atoms with Crippen molar-refractivity contribution < 1.29 is 27.1 Å². The van der Waals surface area contributed by atoms with Gasteiger partial charge in [-0.1, -0.05) is 72.8 Å². The Morgan fingerprint density at radius 3 is 1.82 bits per heavy atom. The van der Waals surface area contributed by atoms with E-state index in [4.69, 9.17) is 9.47 Å². The highest BCUT2D eigenvalue weighted by molar-refractivity contribution is 7.92. The van der Waals surface area contributed by atoms with Crippen LogP contribution in [0.3, 0.4) is 0 Å². The van der Waals surface area contributed by atoms with Gasteiger partial charge in [-0.2, -0.15) is 0 Å². The van der Waals surface area contributed by atoms with E-state index in [0.717, 1.165) is 21.5 Å². The molecular formula is C30H29FN2O5S. The molecule has 0 bridgehead atoms. The first-order valence-corrected chi connectivity index (χ1v) is 13.6. The lowest BCUT2D eigenvalue weighted by molar-refractivity contribution is -0.130. The summed E-state index contributed by atoms with van der Waals surface area (Å²) in [6.07, 6.45) is 0. The molecule has 7 nitrogen and oxygen atoms in total. The number of amides is 1. The third-order valence-corrected chi connectivity index (χ3v) is 7.88. The number of carbonyl (C=O) groups excluding carboxylic acids is 1. The molecule has 0 unspecified atom stereocenters. The summed E-state index contributed by atoms with van der Waals surface area (Å²) in [6.45, 7) is -0.122. The average molecular weight is 549 g/mol. The van der Waals surface area contributed by atoms with Crippen LogP contribution in [0.4, 0.5) is 10.1 Å². The second-order valence-electron chi connectivity index (χ2n) is 8.70. The summed E-state index contributed by atoms with van der Waals surface area (Å²) in [5.74, 6) is -0.739. The van der Waals surface area contributed by atoms with E-state index in [2.05, 4.69) is 0 Å². The fourth-order valence-corrected chi connectivity index (χ4v) is 5.56. The van der Waals surface area contributed by atoms with Crippen molar-refractivity contribution in [2.45, 2.75) is 18.0 Å². The van der Waals surface area contributed by atoms with Gasteiger partial charge in [0, 0.05) is 19.2 Å². The van der Waals surface area contributed by atoms with Crippen LogP contribution in [0.25, 0.3) is 0 Å². The third-order valence-electron chi connectivity index (χ3n) is 6.13. The molecule has 4 aromatic carbocycles. The van der Waals surface area contributed by atoms with Crippen molar-refractivity contribution in [3.8, 4) is 11.5 Å². The molecule has 0 atom stereocenters. The van der Waals surface area contributed by atoms with Gasteiger partial charge in [0.25, 0.3) is 10.0 Å². The van der Waals surface area contributed by atoms with Crippen LogP contribution in [-0.4, -0.2) is 40.0 Å². The third kappa shape index (κ3) is 6.56. The number of benzene rings is 4. The molecule has 0 N–H and O–H groups in total. The van der Waals surface area contributed by atoms with Gasteiger partial charge in [-0.3, -0.25) is 9.10 Å². The fraction of sp³-hybridized carbons (Fsp3) is 0.167. The first kappa shape index (κ1) is 27.7. The minimum atomic E-state index is -4.40. The summed E-state index contributed by atoms with van der Waals surface area (Å²) in [4.78, 5) is 15.2. The van der Waals surface area contributed by atoms with Crippen LogP contribution in [0.1, 0.15) is 11.1 Å². The van der Waals surface area contributed by atoms with Gasteiger partial charge in [0.2, 0.25) is 5.91 Å². The quantitative estimate of drug-likeness (QED) is 0.255. The Bertz CT molecular complexity index is 1470. The Labute approximate surface area is 228 Å². The van der Waals surface area contributed by atoms with Crippen LogP contribution in [-0.2, 0) is 27.9 Å². The highest BCUT2D eigenvalue weighted by Gasteiger charge is 2.31. The highest BCUT2D eigenvalue weighted by atomic mass is 32.2. The van der Waals surface area contributed by atoms with Crippen molar-refractivity contribution in [3.63, 3.8) is 0 Å². The number of carbonyl (C=O) groups is 1. The van der Waals surface area contributed by atoms with Crippen LogP contribution >= 0.6 is 0 Å². The Kier molecular flexibility index (Phi) is 8.83. The van der Waals surface area contributed by atoms with Crippen molar-refractivity contribution in [2.24, 2.45) is 0 Å². The molecule has 0 aliphatic rings. The van der Waals surface area contributed by atoms with Crippen LogP contribution < -0.4 is 13.8 Å². The molecule has 0 fully saturated rings. The molecule has 0 aromatic heterocycles. The molecule has 0 radical (unpaired) electrons. The van der Waals surface area contributed by atoms with Crippen LogP contribution in [0.2, 0.25) is 0 Å². The first-order valence-electron chi connectivity index (χ1n) is 12.2. The molecule has 0 saturated heterocycles. The molecule has 39 heavy (non-hydrogen) atoms. The molecular weight excluding hydrogens is 519 g/mol. The predicted octanol–water partition coefficient (Wildman–Crippen LogP) is 5.27. The molecule has 9 heteroatoms. The summed E-state index contributed by atoms with van der Waals surface area (Å²) >= 11 is 0. The number of hydrogen-bond donors (Lipinski definition) is 0. The number of ether oxygens (including phenoxy) is 2. The Balaban J connectivity index is 1.74. The number of rotatable bonds is 11. The maximum absolute atomic E-state index is 15.0. The zero-order valence-corrected chi connectivity index (χ0v) is 22.5. The number of anilines is 1. The van der Waals surface area contributed by atoms with Crippen molar-refractivity contribution in [1.29, 1.82) is 0 Å². The molecule has 4 aromatic rings. The van der Waals surface area contributed by atoms with Gasteiger partial charge in [0.1, 0.15) is 12.4 Å². The number of methoxy groups -OCH3 is 2. The number of hydrogen-bond acceptors (Lipinski definition) is 5. The summed E-state index contributed by atoms with van der Waals surface area (Å²) in [5.41, 5.74) is 1.52. The van der Waals surface area contributed by atoms with Crippen LogP contribution in [0.5, 0.6) is 11.5 Å². The van der Waals surface area contributed by atoms with Gasteiger partial charge in [0.05, 0.1) is 24.8 Å². The van der Waals surface area contributed by atoms with Crippen molar-refractivity contribution in [2.75, 3.05) is 25.1 Å². The lowest BCUT2D eigenvalue weighted by atomic mass is 10.1. The van der Waals surface area contributed by atoms with E-state index < -0.39 is 28.3 Å². The van der Waals surface area contributed by atoms with Crippen LogP contribution in [0, 0.1) is 5.82 Å². The van der Waals surface area contributed by atoms with Crippen molar-refractivity contribution in [1.82, 2.24) is 4.90 Å². The predicted molar refractivity (Wildman–Crippen MR) is 148 cm³/mol. The Hall–Kier alpha value is -4.37. The van der Waals surface area contributed by atoms with Gasteiger partial charge in [0.15, 0.2) is 11.5 Å². The molecule has 0 aliphatic carbocycles.